The predicted octanol–water partition coefficient (Wildman–Crippen LogP) is 5.13. The van der Waals surface area contributed by atoms with E-state index in [1.807, 2.05) is 40.1 Å². The molecule has 5 rings (SSSR count). The van der Waals surface area contributed by atoms with Gasteiger partial charge in [-0.2, -0.15) is 0 Å². The summed E-state index contributed by atoms with van der Waals surface area (Å²) >= 11 is 0. The molecule has 7 heteroatoms. The quantitative estimate of drug-likeness (QED) is 0.387. The lowest BCUT2D eigenvalue weighted by molar-refractivity contribution is -0.145. The summed E-state index contributed by atoms with van der Waals surface area (Å²) in [6.07, 6.45) is 3.96. The van der Waals surface area contributed by atoms with Crippen LogP contribution in [0.25, 0.3) is 22.4 Å². The lowest BCUT2D eigenvalue weighted by Crippen LogP contribution is -2.53. The van der Waals surface area contributed by atoms with Crippen molar-refractivity contribution in [3.63, 3.8) is 0 Å². The number of benzene rings is 2. The van der Waals surface area contributed by atoms with Gasteiger partial charge in [0.1, 0.15) is 0 Å². The maximum absolute atomic E-state index is 13.1. The number of rotatable bonds is 9. The SMILES string of the molecule is CC(C)CCN(CC(=O)N1CCN(c2ccc(-c3ccc(-c4ccccc4)cc3)nn2)CC1)C(=O)C1CCC1. The fourth-order valence-corrected chi connectivity index (χ4v) is 5.15. The zero-order valence-electron chi connectivity index (χ0n) is 23.1. The molecule has 1 aliphatic carbocycles. The van der Waals surface area contributed by atoms with E-state index in [1.165, 1.54) is 11.1 Å². The van der Waals surface area contributed by atoms with Gasteiger partial charge < -0.3 is 14.7 Å². The molecule has 204 valence electrons. The molecule has 0 unspecified atom stereocenters. The summed E-state index contributed by atoms with van der Waals surface area (Å²) in [4.78, 5) is 32.0. The van der Waals surface area contributed by atoms with Crippen LogP contribution in [0.5, 0.6) is 0 Å². The Balaban J connectivity index is 1.14. The Morgan fingerprint density at radius 1 is 0.846 bits per heavy atom. The number of carbonyl (C=O) groups excluding carboxylic acids is 2. The summed E-state index contributed by atoms with van der Waals surface area (Å²) in [5.41, 5.74) is 4.23. The average molecular weight is 526 g/mol. The molecule has 0 N–H and O–H groups in total. The summed E-state index contributed by atoms with van der Waals surface area (Å²) < 4.78 is 0. The van der Waals surface area contributed by atoms with Crippen LogP contribution in [-0.4, -0.2) is 71.1 Å². The van der Waals surface area contributed by atoms with Gasteiger partial charge in [-0.05, 0) is 48.4 Å². The largest absolute Gasteiger partial charge is 0.352 e. The summed E-state index contributed by atoms with van der Waals surface area (Å²) in [5.74, 6) is 1.66. The molecule has 0 bridgehead atoms. The second-order valence-electron chi connectivity index (χ2n) is 11.2. The number of hydrogen-bond donors (Lipinski definition) is 0. The fraction of sp³-hybridized carbons (Fsp3) is 0.438. The van der Waals surface area contributed by atoms with Crippen LogP contribution < -0.4 is 4.90 Å². The molecule has 7 nitrogen and oxygen atoms in total. The van der Waals surface area contributed by atoms with E-state index in [9.17, 15) is 9.59 Å². The number of anilines is 1. The van der Waals surface area contributed by atoms with Crippen LogP contribution in [0.1, 0.15) is 39.5 Å². The van der Waals surface area contributed by atoms with Gasteiger partial charge in [-0.15, -0.1) is 10.2 Å². The van der Waals surface area contributed by atoms with Gasteiger partial charge in [0.05, 0.1) is 12.2 Å². The first-order chi connectivity index (χ1) is 19.0. The van der Waals surface area contributed by atoms with Crippen LogP contribution in [0, 0.1) is 11.8 Å². The number of piperazine rings is 1. The number of aromatic nitrogens is 2. The first kappa shape index (κ1) is 26.9. The molecule has 2 aliphatic rings. The van der Waals surface area contributed by atoms with Crippen molar-refractivity contribution >= 4 is 17.6 Å². The summed E-state index contributed by atoms with van der Waals surface area (Å²) in [7, 11) is 0. The molecular formula is C32H39N5O2. The summed E-state index contributed by atoms with van der Waals surface area (Å²) in [6, 6.07) is 22.7. The number of nitrogens with zero attached hydrogens (tertiary/aromatic N) is 5. The minimum atomic E-state index is 0.0476. The third-order valence-corrected chi connectivity index (χ3v) is 7.96. The van der Waals surface area contributed by atoms with E-state index < -0.39 is 0 Å². The van der Waals surface area contributed by atoms with Crippen LogP contribution in [0.3, 0.4) is 0 Å². The first-order valence-electron chi connectivity index (χ1n) is 14.3. The van der Waals surface area contributed by atoms with Crippen molar-refractivity contribution in [3.8, 4) is 22.4 Å². The number of hydrogen-bond acceptors (Lipinski definition) is 5. The molecule has 0 radical (unpaired) electrons. The van der Waals surface area contributed by atoms with Crippen molar-refractivity contribution in [1.29, 1.82) is 0 Å². The maximum Gasteiger partial charge on any atom is 0.242 e. The predicted molar refractivity (Wildman–Crippen MR) is 155 cm³/mol. The van der Waals surface area contributed by atoms with Crippen LogP contribution >= 0.6 is 0 Å². The van der Waals surface area contributed by atoms with Crippen molar-refractivity contribution in [1.82, 2.24) is 20.0 Å². The van der Waals surface area contributed by atoms with Crippen LogP contribution in [-0.2, 0) is 9.59 Å². The lowest BCUT2D eigenvalue weighted by atomic mass is 9.84. The Morgan fingerprint density at radius 2 is 1.51 bits per heavy atom. The lowest BCUT2D eigenvalue weighted by Gasteiger charge is -2.37. The van der Waals surface area contributed by atoms with Crippen molar-refractivity contribution in [2.75, 3.05) is 44.2 Å². The van der Waals surface area contributed by atoms with Crippen molar-refractivity contribution < 1.29 is 9.59 Å². The Morgan fingerprint density at radius 3 is 2.10 bits per heavy atom. The Bertz CT molecular complexity index is 1230. The first-order valence-corrected chi connectivity index (χ1v) is 14.3. The molecule has 2 fully saturated rings. The monoisotopic (exact) mass is 525 g/mol. The zero-order valence-corrected chi connectivity index (χ0v) is 23.1. The maximum atomic E-state index is 13.1. The van der Waals surface area contributed by atoms with E-state index in [0.717, 1.165) is 42.8 Å². The molecule has 3 aromatic rings. The molecule has 1 saturated heterocycles. The molecular weight excluding hydrogens is 486 g/mol. The van der Waals surface area contributed by atoms with Gasteiger partial charge in [-0.1, -0.05) is 74.9 Å². The fourth-order valence-electron chi connectivity index (χ4n) is 5.15. The van der Waals surface area contributed by atoms with E-state index in [-0.39, 0.29) is 24.3 Å². The highest BCUT2D eigenvalue weighted by Gasteiger charge is 2.32. The van der Waals surface area contributed by atoms with E-state index in [1.54, 1.807) is 0 Å². The second-order valence-corrected chi connectivity index (χ2v) is 11.2. The Hall–Kier alpha value is -3.74. The van der Waals surface area contributed by atoms with Gasteiger partial charge in [0.25, 0.3) is 0 Å². The highest BCUT2D eigenvalue weighted by Crippen LogP contribution is 2.29. The standard InChI is InChI=1S/C32H39N5O2/c1-24(2)17-18-37(32(39)28-9-6-10-28)23-31(38)36-21-19-35(20-22-36)30-16-15-29(33-34-30)27-13-11-26(12-14-27)25-7-4-3-5-8-25/h3-5,7-8,11-16,24,28H,6,9-10,17-23H2,1-2H3. The second kappa shape index (κ2) is 12.4. The highest BCUT2D eigenvalue weighted by molar-refractivity contribution is 5.86. The van der Waals surface area contributed by atoms with Gasteiger partial charge in [-0.25, -0.2) is 0 Å². The Kier molecular flexibility index (Phi) is 8.54. The number of carbonyl (C=O) groups is 2. The highest BCUT2D eigenvalue weighted by atomic mass is 16.2. The molecule has 1 aromatic heterocycles. The summed E-state index contributed by atoms with van der Waals surface area (Å²) in [6.45, 7) is 7.82. The third kappa shape index (κ3) is 6.64. The smallest absolute Gasteiger partial charge is 0.242 e. The minimum absolute atomic E-state index is 0.0476. The topological polar surface area (TPSA) is 69.6 Å². The molecule has 0 atom stereocenters. The molecule has 1 saturated carbocycles. The zero-order chi connectivity index (χ0) is 27.2. The molecule has 2 heterocycles. The normalized spacial score (nSPS) is 15.8. The van der Waals surface area contributed by atoms with E-state index in [2.05, 4.69) is 65.3 Å². The van der Waals surface area contributed by atoms with Gasteiger partial charge in [0.2, 0.25) is 11.8 Å². The van der Waals surface area contributed by atoms with Gasteiger partial charge >= 0.3 is 0 Å². The molecule has 2 amide bonds. The van der Waals surface area contributed by atoms with Crippen molar-refractivity contribution in [2.24, 2.45) is 11.8 Å². The van der Waals surface area contributed by atoms with E-state index >= 15 is 0 Å². The van der Waals surface area contributed by atoms with Gasteiger partial charge in [0.15, 0.2) is 5.82 Å². The Labute approximate surface area is 231 Å². The molecule has 2 aromatic carbocycles. The average Bonchev–Trinajstić information content (AvgIpc) is 2.95. The van der Waals surface area contributed by atoms with Crippen molar-refractivity contribution in [3.05, 3.63) is 66.7 Å². The van der Waals surface area contributed by atoms with Crippen LogP contribution in [0.15, 0.2) is 66.7 Å². The molecule has 39 heavy (non-hydrogen) atoms. The van der Waals surface area contributed by atoms with Gasteiger partial charge in [-0.3, -0.25) is 9.59 Å². The van der Waals surface area contributed by atoms with E-state index in [4.69, 9.17) is 0 Å². The van der Waals surface area contributed by atoms with Crippen molar-refractivity contribution in [2.45, 2.75) is 39.5 Å². The molecule has 0 spiro atoms. The van der Waals surface area contributed by atoms with Gasteiger partial charge in [0, 0.05) is 44.2 Å². The molecule has 1 aliphatic heterocycles. The number of amides is 2. The van der Waals surface area contributed by atoms with Crippen LogP contribution in [0.2, 0.25) is 0 Å². The summed E-state index contributed by atoms with van der Waals surface area (Å²) in [5, 5.41) is 8.98. The van der Waals surface area contributed by atoms with Crippen LogP contribution in [0.4, 0.5) is 5.82 Å². The third-order valence-electron chi connectivity index (χ3n) is 7.96. The van der Waals surface area contributed by atoms with E-state index in [0.29, 0.717) is 38.6 Å². The minimum Gasteiger partial charge on any atom is -0.352 e.